The number of rotatable bonds is 10. The first kappa shape index (κ1) is 26.3. The molecule has 182 valence electrons. The number of hydrogen-bond donors (Lipinski definition) is 2. The number of piperidine rings is 1. The van der Waals surface area contributed by atoms with Crippen molar-refractivity contribution in [2.24, 2.45) is 5.92 Å². The first-order valence-corrected chi connectivity index (χ1v) is 12.6. The number of carbonyl (C=O) groups is 2. The number of unbranched alkanes of at least 4 members (excludes halogenated alkanes) is 2. The van der Waals surface area contributed by atoms with Crippen LogP contribution in [0.4, 0.5) is 0 Å². The van der Waals surface area contributed by atoms with E-state index in [-0.39, 0.29) is 23.7 Å². The van der Waals surface area contributed by atoms with Gasteiger partial charge in [0.15, 0.2) is 0 Å². The molecule has 3 rings (SSSR count). The van der Waals surface area contributed by atoms with Crippen LogP contribution in [0, 0.1) is 5.92 Å². The molecule has 1 fully saturated rings. The Hall–Kier alpha value is -2.34. The minimum atomic E-state index is -0.113. The third kappa shape index (κ3) is 8.46. The third-order valence-electron chi connectivity index (χ3n) is 6.20. The zero-order chi connectivity index (χ0) is 24.3. The molecule has 2 N–H and O–H groups in total. The quantitative estimate of drug-likeness (QED) is 0.349. The van der Waals surface area contributed by atoms with Gasteiger partial charge in [-0.05, 0) is 86.7 Å². The highest BCUT2D eigenvalue weighted by atomic mass is 35.5. The van der Waals surface area contributed by atoms with Crippen LogP contribution < -0.4 is 10.6 Å². The van der Waals surface area contributed by atoms with Crippen molar-refractivity contribution < 1.29 is 9.59 Å². The Bertz CT molecular complexity index is 961. The predicted octanol–water partition coefficient (Wildman–Crippen LogP) is 5.14. The van der Waals surface area contributed by atoms with Crippen molar-refractivity contribution in [1.29, 1.82) is 0 Å². The van der Waals surface area contributed by atoms with Gasteiger partial charge in [0.05, 0.1) is 5.92 Å². The average Bonchev–Trinajstić information content (AvgIpc) is 2.83. The van der Waals surface area contributed by atoms with Crippen LogP contribution in [-0.4, -0.2) is 49.9 Å². The molecule has 0 aliphatic carbocycles. The topological polar surface area (TPSA) is 61.4 Å². The zero-order valence-corrected chi connectivity index (χ0v) is 21.1. The molecule has 0 saturated carbocycles. The maximum Gasteiger partial charge on any atom is 0.243 e. The van der Waals surface area contributed by atoms with Gasteiger partial charge < -0.3 is 15.5 Å². The molecule has 2 aromatic rings. The number of likely N-dealkylation sites (tertiary alicyclic amines) is 1. The molecule has 7 heteroatoms. The fraction of sp³-hybridized carbons (Fsp3) is 0.407. The smallest absolute Gasteiger partial charge is 0.243 e. The highest BCUT2D eigenvalue weighted by molar-refractivity contribution is 6.30. The number of nitrogens with one attached hydrogen (secondary N) is 2. The van der Waals surface area contributed by atoms with E-state index in [0.717, 1.165) is 44.3 Å². The molecule has 1 unspecified atom stereocenters. The van der Waals surface area contributed by atoms with E-state index in [2.05, 4.69) is 22.6 Å². The lowest BCUT2D eigenvalue weighted by molar-refractivity contribution is -0.127. The summed E-state index contributed by atoms with van der Waals surface area (Å²) in [6, 6.07) is 15.2. The van der Waals surface area contributed by atoms with Gasteiger partial charge in [-0.1, -0.05) is 47.5 Å². The minimum absolute atomic E-state index is 0.0633. The number of benzene rings is 2. The van der Waals surface area contributed by atoms with Gasteiger partial charge in [0.25, 0.3) is 0 Å². The summed E-state index contributed by atoms with van der Waals surface area (Å²) in [4.78, 5) is 27.1. The lowest BCUT2D eigenvalue weighted by Gasteiger charge is -2.36. The second-order valence-electron chi connectivity index (χ2n) is 8.84. The van der Waals surface area contributed by atoms with Crippen LogP contribution in [0.15, 0.2) is 54.6 Å². The number of amides is 2. The highest BCUT2D eigenvalue weighted by Gasteiger charge is 2.33. The normalized spacial score (nSPS) is 18.7. The third-order valence-corrected chi connectivity index (χ3v) is 6.70. The fourth-order valence-corrected chi connectivity index (χ4v) is 4.53. The van der Waals surface area contributed by atoms with E-state index in [1.165, 1.54) is 11.6 Å². The van der Waals surface area contributed by atoms with Crippen LogP contribution in [0.3, 0.4) is 0 Å². The Balaban J connectivity index is 1.33. The molecule has 2 atom stereocenters. The lowest BCUT2D eigenvalue weighted by atomic mass is 9.80. The van der Waals surface area contributed by atoms with Crippen molar-refractivity contribution >= 4 is 41.1 Å². The molecule has 0 bridgehead atoms. The van der Waals surface area contributed by atoms with Crippen LogP contribution in [0.25, 0.3) is 6.08 Å². The molecule has 0 aromatic heterocycles. The summed E-state index contributed by atoms with van der Waals surface area (Å²) in [5.74, 6) is 0.154. The molecule has 0 spiro atoms. The monoisotopic (exact) mass is 501 g/mol. The fourth-order valence-electron chi connectivity index (χ4n) is 4.28. The summed E-state index contributed by atoms with van der Waals surface area (Å²) < 4.78 is 0. The first-order chi connectivity index (χ1) is 16.4. The molecule has 1 aliphatic rings. The van der Waals surface area contributed by atoms with Crippen LogP contribution in [0.2, 0.25) is 10.0 Å². The maximum absolute atomic E-state index is 12.9. The van der Waals surface area contributed by atoms with Crippen LogP contribution >= 0.6 is 23.2 Å². The van der Waals surface area contributed by atoms with E-state index in [9.17, 15) is 9.59 Å². The highest BCUT2D eigenvalue weighted by Crippen LogP contribution is 2.33. The number of halogens is 2. The number of hydrogen-bond acceptors (Lipinski definition) is 3. The Labute approximate surface area is 212 Å². The van der Waals surface area contributed by atoms with Crippen molar-refractivity contribution in [3.8, 4) is 0 Å². The first-order valence-electron chi connectivity index (χ1n) is 11.9. The molecule has 1 aliphatic heterocycles. The summed E-state index contributed by atoms with van der Waals surface area (Å²) in [6.45, 7) is 3.01. The average molecular weight is 502 g/mol. The van der Waals surface area contributed by atoms with Crippen molar-refractivity contribution in [2.45, 2.75) is 31.6 Å². The molecular formula is C27H33Cl2N3O2. The number of nitrogens with zero attached hydrogens (tertiary/aromatic N) is 1. The summed E-state index contributed by atoms with van der Waals surface area (Å²) in [7, 11) is 2.07. The van der Waals surface area contributed by atoms with Gasteiger partial charge in [0.2, 0.25) is 11.8 Å². The van der Waals surface area contributed by atoms with Crippen molar-refractivity contribution in [2.75, 3.05) is 33.2 Å². The van der Waals surface area contributed by atoms with Gasteiger partial charge in [-0.15, -0.1) is 0 Å². The van der Waals surface area contributed by atoms with E-state index in [4.69, 9.17) is 23.2 Å². The van der Waals surface area contributed by atoms with E-state index in [1.54, 1.807) is 18.2 Å². The summed E-state index contributed by atoms with van der Waals surface area (Å²) in [5, 5.41) is 7.41. The minimum Gasteiger partial charge on any atom is -0.356 e. The van der Waals surface area contributed by atoms with Gasteiger partial charge in [-0.25, -0.2) is 0 Å². The lowest BCUT2D eigenvalue weighted by Crippen LogP contribution is -2.45. The van der Waals surface area contributed by atoms with Crippen molar-refractivity contribution in [1.82, 2.24) is 15.5 Å². The van der Waals surface area contributed by atoms with Gasteiger partial charge in [-0.2, -0.15) is 0 Å². The zero-order valence-electron chi connectivity index (χ0n) is 19.6. The van der Waals surface area contributed by atoms with Crippen molar-refractivity contribution in [3.05, 3.63) is 75.8 Å². The SMILES string of the molecule is CN1CC[C@H](c2ccc(Cl)cc2)C(C(=O)NCCCCCNC(=O)C=Cc2ccc(Cl)cc2)C1. The Morgan fingerprint density at radius 1 is 0.941 bits per heavy atom. The van der Waals surface area contributed by atoms with Crippen LogP contribution in [0.1, 0.15) is 42.7 Å². The van der Waals surface area contributed by atoms with Crippen molar-refractivity contribution in [3.63, 3.8) is 0 Å². The molecule has 34 heavy (non-hydrogen) atoms. The molecule has 2 aromatic carbocycles. The summed E-state index contributed by atoms with van der Waals surface area (Å²) >= 11 is 11.9. The van der Waals surface area contributed by atoms with Crippen LogP contribution in [0.5, 0.6) is 0 Å². The van der Waals surface area contributed by atoms with Gasteiger partial charge in [0.1, 0.15) is 0 Å². The largest absolute Gasteiger partial charge is 0.356 e. The van der Waals surface area contributed by atoms with E-state index in [1.807, 2.05) is 36.4 Å². The Kier molecular flexibility index (Phi) is 10.4. The maximum atomic E-state index is 12.9. The van der Waals surface area contributed by atoms with E-state index >= 15 is 0 Å². The van der Waals surface area contributed by atoms with E-state index in [0.29, 0.717) is 23.1 Å². The van der Waals surface area contributed by atoms with Gasteiger partial charge in [0, 0.05) is 35.8 Å². The van der Waals surface area contributed by atoms with E-state index < -0.39 is 0 Å². The second kappa shape index (κ2) is 13.5. The molecule has 5 nitrogen and oxygen atoms in total. The Morgan fingerprint density at radius 2 is 1.56 bits per heavy atom. The molecule has 0 radical (unpaired) electrons. The molecular weight excluding hydrogens is 469 g/mol. The van der Waals surface area contributed by atoms with Crippen LogP contribution in [-0.2, 0) is 9.59 Å². The Morgan fingerprint density at radius 3 is 2.24 bits per heavy atom. The second-order valence-corrected chi connectivity index (χ2v) is 9.72. The molecule has 1 heterocycles. The number of carbonyl (C=O) groups excluding carboxylic acids is 2. The molecule has 2 amide bonds. The van der Waals surface area contributed by atoms with Gasteiger partial charge >= 0.3 is 0 Å². The van der Waals surface area contributed by atoms with Gasteiger partial charge in [-0.3, -0.25) is 9.59 Å². The molecule has 1 saturated heterocycles. The standard InChI is InChI=1S/C27H33Cl2N3O2/c1-32-18-15-24(21-8-12-23(29)13-9-21)25(19-32)27(34)31-17-4-2-3-16-30-26(33)14-7-20-5-10-22(28)11-6-20/h5-14,24-25H,2-4,15-19H2,1H3,(H,30,33)(H,31,34)/t24-,25?/m1/s1. The summed E-state index contributed by atoms with van der Waals surface area (Å²) in [6.07, 6.45) is 6.95. The predicted molar refractivity (Wildman–Crippen MR) is 140 cm³/mol. The summed E-state index contributed by atoms with van der Waals surface area (Å²) in [5.41, 5.74) is 2.11.